The van der Waals surface area contributed by atoms with Crippen LogP contribution in [-0.2, 0) is 4.79 Å². The molecule has 0 unspecified atom stereocenters. The highest BCUT2D eigenvalue weighted by molar-refractivity contribution is 8.27. The number of hydrogen-bond donors (Lipinski definition) is 1. The van der Waals surface area contributed by atoms with E-state index in [4.69, 9.17) is 28.9 Å². The van der Waals surface area contributed by atoms with Gasteiger partial charge in [-0.2, -0.15) is 0 Å². The van der Waals surface area contributed by atoms with Gasteiger partial charge < -0.3 is 9.67 Å². The van der Waals surface area contributed by atoms with Crippen molar-refractivity contribution in [2.75, 3.05) is 4.90 Å². The summed E-state index contributed by atoms with van der Waals surface area (Å²) in [4.78, 5) is 25.9. The smallest absolute Gasteiger partial charge is 0.335 e. The average Bonchev–Trinajstić information content (AvgIpc) is 3.18. The molecule has 5 nitrogen and oxygen atoms in total. The molecular formula is C23H16ClFN2O3S2. The molecule has 0 aliphatic carbocycles. The molecule has 1 aliphatic rings. The summed E-state index contributed by atoms with van der Waals surface area (Å²) in [6, 6.07) is 12.6. The number of hydrogen-bond acceptors (Lipinski definition) is 4. The number of halogens is 2. The molecule has 162 valence electrons. The highest BCUT2D eigenvalue weighted by Gasteiger charge is 2.34. The number of carboxylic acid groups (broad SMARTS) is 1. The van der Waals surface area contributed by atoms with E-state index in [0.29, 0.717) is 14.9 Å². The molecule has 32 heavy (non-hydrogen) atoms. The number of carbonyl (C=O) groups is 2. The van der Waals surface area contributed by atoms with E-state index in [-0.39, 0.29) is 16.5 Å². The number of carbonyl (C=O) groups excluding carboxylic acids is 1. The predicted octanol–water partition coefficient (Wildman–Crippen LogP) is 5.99. The van der Waals surface area contributed by atoms with Crippen molar-refractivity contribution in [3.05, 3.63) is 86.8 Å². The minimum absolute atomic E-state index is 0.0852. The van der Waals surface area contributed by atoms with Gasteiger partial charge in [-0.25, -0.2) is 9.18 Å². The number of thioether (sulfide) groups is 1. The lowest BCUT2D eigenvalue weighted by Crippen LogP contribution is -2.27. The number of aromatic carboxylic acids is 1. The molecule has 3 aromatic rings. The Kier molecular flexibility index (Phi) is 5.94. The van der Waals surface area contributed by atoms with Gasteiger partial charge in [-0.1, -0.05) is 35.6 Å². The van der Waals surface area contributed by atoms with E-state index in [1.807, 2.05) is 24.5 Å². The summed E-state index contributed by atoms with van der Waals surface area (Å²) in [6.07, 6.45) is 1.77. The van der Waals surface area contributed by atoms with Crippen LogP contribution in [-0.4, -0.2) is 25.9 Å². The zero-order chi connectivity index (χ0) is 23.2. The second kappa shape index (κ2) is 8.54. The van der Waals surface area contributed by atoms with Crippen molar-refractivity contribution in [3.8, 4) is 5.69 Å². The van der Waals surface area contributed by atoms with E-state index in [1.165, 1.54) is 23.1 Å². The van der Waals surface area contributed by atoms with Crippen molar-refractivity contribution in [2.45, 2.75) is 13.8 Å². The number of amides is 1. The van der Waals surface area contributed by atoms with Crippen molar-refractivity contribution in [1.82, 2.24) is 4.57 Å². The summed E-state index contributed by atoms with van der Waals surface area (Å²) in [6.45, 7) is 3.85. The summed E-state index contributed by atoms with van der Waals surface area (Å²) >= 11 is 12.4. The van der Waals surface area contributed by atoms with Crippen LogP contribution in [0.5, 0.6) is 0 Å². The van der Waals surface area contributed by atoms with Crippen molar-refractivity contribution < 1.29 is 19.1 Å². The molecule has 1 aromatic heterocycles. The summed E-state index contributed by atoms with van der Waals surface area (Å²) in [5.74, 6) is -1.86. The third-order valence-electron chi connectivity index (χ3n) is 5.08. The number of nitrogens with zero attached hydrogens (tertiary/aromatic N) is 2. The lowest BCUT2D eigenvalue weighted by atomic mass is 10.2. The summed E-state index contributed by atoms with van der Waals surface area (Å²) in [5.41, 5.74) is 4.09. The minimum Gasteiger partial charge on any atom is -0.478 e. The molecule has 1 amide bonds. The Balaban J connectivity index is 1.68. The standard InChI is InChI=1S/C23H16ClFN2O3S2/c1-12-9-15(13(2)26(12)16-5-3-14(4-6-16)22(29)30)10-20-21(28)27(23(31)32-20)17-7-8-19(25)18(24)11-17/h3-11H,1-2H3,(H,29,30)/b20-10+. The molecule has 1 aliphatic heterocycles. The fraction of sp³-hybridized carbons (Fsp3) is 0.0870. The highest BCUT2D eigenvalue weighted by Crippen LogP contribution is 2.38. The largest absolute Gasteiger partial charge is 0.478 e. The minimum atomic E-state index is -0.984. The first-order valence-corrected chi connectivity index (χ1v) is 11.0. The summed E-state index contributed by atoms with van der Waals surface area (Å²) in [5, 5.41) is 9.02. The van der Waals surface area contributed by atoms with Gasteiger partial charge in [-0.15, -0.1) is 0 Å². The van der Waals surface area contributed by atoms with E-state index in [0.717, 1.165) is 34.4 Å². The normalized spacial score (nSPS) is 15.1. The lowest BCUT2D eigenvalue weighted by Gasteiger charge is -2.14. The third-order valence-corrected chi connectivity index (χ3v) is 6.68. The van der Waals surface area contributed by atoms with Crippen molar-refractivity contribution in [1.29, 1.82) is 0 Å². The van der Waals surface area contributed by atoms with Gasteiger partial charge in [0.1, 0.15) is 5.82 Å². The molecule has 1 N–H and O–H groups in total. The van der Waals surface area contributed by atoms with Crippen LogP contribution in [0.3, 0.4) is 0 Å². The van der Waals surface area contributed by atoms with Gasteiger partial charge in [0.15, 0.2) is 4.32 Å². The van der Waals surface area contributed by atoms with Gasteiger partial charge in [0.25, 0.3) is 5.91 Å². The van der Waals surface area contributed by atoms with Gasteiger partial charge in [0.05, 0.1) is 21.2 Å². The molecule has 9 heteroatoms. The molecule has 0 bridgehead atoms. The number of rotatable bonds is 4. The molecule has 1 fully saturated rings. The van der Waals surface area contributed by atoms with Crippen LogP contribution in [0.1, 0.15) is 27.3 Å². The number of benzene rings is 2. The second-order valence-corrected chi connectivity index (χ2v) is 9.21. The van der Waals surface area contributed by atoms with Crippen molar-refractivity contribution in [3.63, 3.8) is 0 Å². The van der Waals surface area contributed by atoms with Crippen LogP contribution in [0.25, 0.3) is 11.8 Å². The Hall–Kier alpha value is -2.94. The molecule has 0 atom stereocenters. The number of anilines is 1. The van der Waals surface area contributed by atoms with Crippen molar-refractivity contribution in [2.24, 2.45) is 0 Å². The second-order valence-electron chi connectivity index (χ2n) is 7.13. The molecule has 1 saturated heterocycles. The average molecular weight is 487 g/mol. The van der Waals surface area contributed by atoms with Gasteiger partial charge in [-0.05, 0) is 74.0 Å². The van der Waals surface area contributed by atoms with Crippen molar-refractivity contribution >= 4 is 63.5 Å². The van der Waals surface area contributed by atoms with Crippen LogP contribution in [0.15, 0.2) is 53.4 Å². The fourth-order valence-corrected chi connectivity index (χ4v) is 5.00. The zero-order valence-corrected chi connectivity index (χ0v) is 19.3. The Bertz CT molecular complexity index is 1320. The van der Waals surface area contributed by atoms with Crippen LogP contribution < -0.4 is 4.90 Å². The highest BCUT2D eigenvalue weighted by atomic mass is 35.5. The SMILES string of the molecule is Cc1cc(/C=C2/SC(=S)N(c3ccc(F)c(Cl)c3)C2=O)c(C)n1-c1ccc(C(=O)O)cc1. The Labute approximate surface area is 198 Å². The molecule has 2 aromatic carbocycles. The van der Waals surface area contributed by atoms with Crippen LogP contribution >= 0.6 is 35.6 Å². The topological polar surface area (TPSA) is 62.5 Å². The number of aromatic nitrogens is 1. The van der Waals surface area contributed by atoms with Gasteiger partial charge in [0.2, 0.25) is 0 Å². The monoisotopic (exact) mass is 486 g/mol. The summed E-state index contributed by atoms with van der Waals surface area (Å²) < 4.78 is 15.8. The van der Waals surface area contributed by atoms with Gasteiger partial charge in [0, 0.05) is 17.1 Å². The van der Waals surface area contributed by atoms with Gasteiger partial charge in [-0.3, -0.25) is 9.69 Å². The molecule has 2 heterocycles. The zero-order valence-electron chi connectivity index (χ0n) is 16.9. The fourth-order valence-electron chi connectivity index (χ4n) is 3.54. The van der Waals surface area contributed by atoms with E-state index < -0.39 is 11.8 Å². The van der Waals surface area contributed by atoms with Gasteiger partial charge >= 0.3 is 5.97 Å². The first-order valence-electron chi connectivity index (χ1n) is 9.43. The number of carboxylic acids is 1. The maximum atomic E-state index is 13.5. The van der Waals surface area contributed by atoms with E-state index >= 15 is 0 Å². The Morgan fingerprint density at radius 2 is 1.78 bits per heavy atom. The molecule has 4 rings (SSSR count). The van der Waals surface area contributed by atoms with Crippen LogP contribution in [0, 0.1) is 19.7 Å². The Morgan fingerprint density at radius 1 is 1.12 bits per heavy atom. The Morgan fingerprint density at radius 3 is 2.41 bits per heavy atom. The lowest BCUT2D eigenvalue weighted by molar-refractivity contribution is -0.113. The molecular weight excluding hydrogens is 471 g/mol. The number of aryl methyl sites for hydroxylation is 1. The van der Waals surface area contributed by atoms with E-state index in [2.05, 4.69) is 0 Å². The van der Waals surface area contributed by atoms with Crippen LogP contribution in [0.2, 0.25) is 5.02 Å². The quantitative estimate of drug-likeness (QED) is 0.362. The van der Waals surface area contributed by atoms with E-state index in [1.54, 1.807) is 30.3 Å². The first-order chi connectivity index (χ1) is 15.2. The van der Waals surface area contributed by atoms with Crippen LogP contribution in [0.4, 0.5) is 10.1 Å². The maximum absolute atomic E-state index is 13.5. The van der Waals surface area contributed by atoms with E-state index in [9.17, 15) is 14.0 Å². The molecule has 0 spiro atoms. The summed E-state index contributed by atoms with van der Waals surface area (Å²) in [7, 11) is 0. The molecule has 0 saturated carbocycles. The number of thiocarbonyl (C=S) groups is 1. The first kappa shape index (κ1) is 22.3. The third kappa shape index (κ3) is 3.97. The maximum Gasteiger partial charge on any atom is 0.335 e. The molecule has 0 radical (unpaired) electrons. The predicted molar refractivity (Wildman–Crippen MR) is 129 cm³/mol.